The summed E-state index contributed by atoms with van der Waals surface area (Å²) in [4.78, 5) is 41.1. The molecule has 0 saturated carbocycles. The first kappa shape index (κ1) is 27.3. The standard InChI is InChI=1S/C30H25N5O3S2/c1-20-15-21(2)33-29(32-20)39-26-14-13-24(16-25(26)35(37)38)17-27-28(36)34(19-23-11-7-4-8-12-23)30(40-27)31-18-22-9-5-3-6-10-22/h3-17H,18-19H2,1-2H3/b27-17+,31-30?. The molecule has 3 aromatic carbocycles. The van der Waals surface area contributed by atoms with Crippen molar-refractivity contribution in [3.05, 3.63) is 128 Å². The molecule has 1 fully saturated rings. The van der Waals surface area contributed by atoms with Crippen molar-refractivity contribution in [2.45, 2.75) is 37.0 Å². The van der Waals surface area contributed by atoms with Crippen molar-refractivity contribution in [3.63, 3.8) is 0 Å². The molecule has 1 aliphatic rings. The van der Waals surface area contributed by atoms with Gasteiger partial charge in [0.1, 0.15) is 0 Å². The number of nitro benzene ring substituents is 1. The van der Waals surface area contributed by atoms with Crippen molar-refractivity contribution in [2.24, 2.45) is 4.99 Å². The van der Waals surface area contributed by atoms with Crippen molar-refractivity contribution >= 4 is 46.4 Å². The average Bonchev–Trinajstić information content (AvgIpc) is 3.22. The number of aryl methyl sites for hydroxylation is 2. The van der Waals surface area contributed by atoms with Gasteiger partial charge in [0.2, 0.25) is 0 Å². The van der Waals surface area contributed by atoms with E-state index in [9.17, 15) is 14.9 Å². The van der Waals surface area contributed by atoms with E-state index in [2.05, 4.69) is 9.97 Å². The van der Waals surface area contributed by atoms with E-state index in [1.807, 2.05) is 80.6 Å². The Hall–Kier alpha value is -4.28. The van der Waals surface area contributed by atoms with Crippen molar-refractivity contribution < 1.29 is 9.72 Å². The predicted molar refractivity (Wildman–Crippen MR) is 159 cm³/mol. The van der Waals surface area contributed by atoms with Gasteiger partial charge in [-0.1, -0.05) is 66.7 Å². The number of aromatic nitrogens is 2. The van der Waals surface area contributed by atoms with Crippen LogP contribution in [0.25, 0.3) is 6.08 Å². The molecule has 0 unspecified atom stereocenters. The van der Waals surface area contributed by atoms with Gasteiger partial charge in [-0.2, -0.15) is 0 Å². The Balaban J connectivity index is 1.44. The molecule has 40 heavy (non-hydrogen) atoms. The summed E-state index contributed by atoms with van der Waals surface area (Å²) in [5, 5.41) is 13.0. The summed E-state index contributed by atoms with van der Waals surface area (Å²) in [5.41, 5.74) is 4.09. The molecule has 0 radical (unpaired) electrons. The fourth-order valence-electron chi connectivity index (χ4n) is 4.12. The van der Waals surface area contributed by atoms with Crippen LogP contribution in [0.3, 0.4) is 0 Å². The normalized spacial score (nSPS) is 15.2. The number of rotatable bonds is 8. The molecule has 1 aromatic heterocycles. The van der Waals surface area contributed by atoms with E-state index in [1.165, 1.54) is 17.8 Å². The zero-order chi connectivity index (χ0) is 28.1. The van der Waals surface area contributed by atoms with Crippen LogP contribution in [-0.2, 0) is 17.9 Å². The van der Waals surface area contributed by atoms with Crippen LogP contribution < -0.4 is 0 Å². The van der Waals surface area contributed by atoms with Crippen LogP contribution >= 0.6 is 23.5 Å². The second kappa shape index (κ2) is 12.3. The average molecular weight is 568 g/mol. The zero-order valence-corrected chi connectivity index (χ0v) is 23.5. The molecule has 2 heterocycles. The van der Waals surface area contributed by atoms with Gasteiger partial charge >= 0.3 is 0 Å². The summed E-state index contributed by atoms with van der Waals surface area (Å²) < 4.78 is 0. The molecular formula is C30H25N5O3S2. The van der Waals surface area contributed by atoms with E-state index in [0.29, 0.717) is 38.8 Å². The lowest BCUT2D eigenvalue weighted by molar-refractivity contribution is -0.387. The third kappa shape index (κ3) is 6.64. The minimum atomic E-state index is -0.426. The summed E-state index contributed by atoms with van der Waals surface area (Å²) in [5.74, 6) is -0.189. The van der Waals surface area contributed by atoms with Crippen LogP contribution in [0.2, 0.25) is 0 Å². The highest BCUT2D eigenvalue weighted by Crippen LogP contribution is 2.37. The first-order chi connectivity index (χ1) is 19.4. The fourth-order valence-corrected chi connectivity index (χ4v) is 6.04. The van der Waals surface area contributed by atoms with Crippen molar-refractivity contribution in [3.8, 4) is 0 Å². The number of amidine groups is 1. The molecule has 1 aliphatic heterocycles. The molecule has 1 saturated heterocycles. The molecule has 8 nitrogen and oxygen atoms in total. The third-order valence-electron chi connectivity index (χ3n) is 5.95. The molecule has 4 aromatic rings. The molecule has 0 spiro atoms. The summed E-state index contributed by atoms with van der Waals surface area (Å²) in [6, 6.07) is 26.3. The van der Waals surface area contributed by atoms with Gasteiger partial charge in [0, 0.05) is 17.5 Å². The van der Waals surface area contributed by atoms with E-state index in [1.54, 1.807) is 23.1 Å². The number of nitro groups is 1. The van der Waals surface area contributed by atoms with Gasteiger partial charge in [0.15, 0.2) is 10.3 Å². The maximum Gasteiger partial charge on any atom is 0.283 e. The largest absolute Gasteiger partial charge is 0.283 e. The summed E-state index contributed by atoms with van der Waals surface area (Å²) in [6.07, 6.45) is 1.69. The van der Waals surface area contributed by atoms with Gasteiger partial charge in [-0.3, -0.25) is 24.8 Å². The molecule has 1 amide bonds. The molecule has 0 N–H and O–H groups in total. The number of aliphatic imine (C=N–C) groups is 1. The van der Waals surface area contributed by atoms with Gasteiger partial charge in [-0.05, 0) is 72.3 Å². The van der Waals surface area contributed by atoms with E-state index >= 15 is 0 Å². The number of carbonyl (C=O) groups excluding carboxylic acids is 1. The number of hydrogen-bond acceptors (Lipinski definition) is 8. The topological polar surface area (TPSA) is 102 Å². The molecule has 200 valence electrons. The monoisotopic (exact) mass is 567 g/mol. The predicted octanol–water partition coefficient (Wildman–Crippen LogP) is 6.83. The highest BCUT2D eigenvalue weighted by atomic mass is 32.2. The molecule has 0 atom stereocenters. The van der Waals surface area contributed by atoms with Crippen LogP contribution in [0.5, 0.6) is 0 Å². The van der Waals surface area contributed by atoms with E-state index in [4.69, 9.17) is 4.99 Å². The lowest BCUT2D eigenvalue weighted by atomic mass is 10.1. The van der Waals surface area contributed by atoms with Gasteiger partial charge in [0.25, 0.3) is 11.6 Å². The first-order valence-electron chi connectivity index (χ1n) is 12.5. The van der Waals surface area contributed by atoms with Gasteiger partial charge < -0.3 is 0 Å². The molecule has 10 heteroatoms. The lowest BCUT2D eigenvalue weighted by Gasteiger charge is -2.15. The van der Waals surface area contributed by atoms with Crippen LogP contribution in [0, 0.1) is 24.0 Å². The summed E-state index contributed by atoms with van der Waals surface area (Å²) in [6.45, 7) is 4.53. The Morgan fingerprint density at radius 3 is 2.25 bits per heavy atom. The van der Waals surface area contributed by atoms with Crippen LogP contribution in [-0.4, -0.2) is 30.9 Å². The summed E-state index contributed by atoms with van der Waals surface area (Å²) in [7, 11) is 0. The van der Waals surface area contributed by atoms with E-state index < -0.39 is 4.92 Å². The highest BCUT2D eigenvalue weighted by molar-refractivity contribution is 8.18. The Morgan fingerprint density at radius 1 is 0.950 bits per heavy atom. The molecule has 0 bridgehead atoms. The fraction of sp³-hybridized carbons (Fsp3) is 0.133. The van der Waals surface area contributed by atoms with Gasteiger partial charge in [0.05, 0.1) is 27.8 Å². The second-order valence-corrected chi connectivity index (χ2v) is 11.1. The lowest BCUT2D eigenvalue weighted by Crippen LogP contribution is -2.28. The number of benzene rings is 3. The van der Waals surface area contributed by atoms with Crippen molar-refractivity contribution in [1.29, 1.82) is 0 Å². The molecular weight excluding hydrogens is 542 g/mol. The number of amides is 1. The minimum absolute atomic E-state index is 0.0725. The second-order valence-electron chi connectivity index (χ2n) is 9.09. The van der Waals surface area contributed by atoms with Crippen LogP contribution in [0.4, 0.5) is 5.69 Å². The maximum atomic E-state index is 13.5. The van der Waals surface area contributed by atoms with Gasteiger partial charge in [-0.25, -0.2) is 9.97 Å². The number of hydrogen-bond donors (Lipinski definition) is 0. The zero-order valence-electron chi connectivity index (χ0n) is 21.9. The molecule has 5 rings (SSSR count). The quantitative estimate of drug-likeness (QED) is 0.0996. The van der Waals surface area contributed by atoms with Crippen molar-refractivity contribution in [1.82, 2.24) is 14.9 Å². The number of nitrogens with zero attached hydrogens (tertiary/aromatic N) is 5. The smallest absolute Gasteiger partial charge is 0.282 e. The Bertz CT molecular complexity index is 1610. The minimum Gasteiger partial charge on any atom is -0.282 e. The van der Waals surface area contributed by atoms with Crippen LogP contribution in [0.1, 0.15) is 28.1 Å². The van der Waals surface area contributed by atoms with E-state index in [-0.39, 0.29) is 11.6 Å². The Morgan fingerprint density at radius 2 is 1.60 bits per heavy atom. The number of carbonyl (C=O) groups is 1. The first-order valence-corrected chi connectivity index (χ1v) is 14.1. The maximum absolute atomic E-state index is 13.5. The van der Waals surface area contributed by atoms with Crippen molar-refractivity contribution in [2.75, 3.05) is 0 Å². The van der Waals surface area contributed by atoms with Crippen LogP contribution in [0.15, 0.2) is 105 Å². The highest BCUT2D eigenvalue weighted by Gasteiger charge is 2.33. The SMILES string of the molecule is Cc1cc(C)nc(Sc2ccc(/C=C3/SC(=NCc4ccccc4)N(Cc4ccccc4)C3=O)cc2[N+](=O)[O-])n1. The number of thioether (sulfide) groups is 1. The third-order valence-corrected chi connectivity index (χ3v) is 7.93. The van der Waals surface area contributed by atoms with Gasteiger partial charge in [-0.15, -0.1) is 0 Å². The molecule has 0 aliphatic carbocycles. The van der Waals surface area contributed by atoms with E-state index in [0.717, 1.165) is 34.3 Å². The Kier molecular flexibility index (Phi) is 8.37. The summed E-state index contributed by atoms with van der Waals surface area (Å²) >= 11 is 2.42. The Labute approximate surface area is 240 Å².